The monoisotopic (exact) mass is 320 g/mol. The van der Waals surface area contributed by atoms with Crippen LogP contribution in [-0.2, 0) is 10.0 Å². The van der Waals surface area contributed by atoms with E-state index in [1.54, 1.807) is 31.5 Å². The number of nitrogens with one attached hydrogen (secondary N) is 1. The molecule has 0 aliphatic rings. The van der Waals surface area contributed by atoms with Crippen molar-refractivity contribution in [3.05, 3.63) is 47.3 Å². The largest absolute Gasteiger partial charge is 0.478 e. The summed E-state index contributed by atoms with van der Waals surface area (Å²) in [6, 6.07) is 4.72. The zero-order valence-electron chi connectivity index (χ0n) is 12.4. The zero-order chi connectivity index (χ0) is 16.5. The molecule has 2 N–H and O–H groups in total. The molecule has 0 saturated carbocycles. The number of anilines is 1. The van der Waals surface area contributed by atoms with Crippen molar-refractivity contribution in [1.29, 1.82) is 0 Å². The van der Waals surface area contributed by atoms with E-state index in [2.05, 4.69) is 9.71 Å². The Balaban J connectivity index is 2.70. The summed E-state index contributed by atoms with van der Waals surface area (Å²) < 4.78 is 25.0. The molecule has 6 nitrogen and oxygen atoms in total. The van der Waals surface area contributed by atoms with Crippen LogP contribution in [0.15, 0.2) is 30.6 Å². The highest BCUT2D eigenvalue weighted by Crippen LogP contribution is 2.32. The molecule has 0 radical (unpaired) electrons. The molecule has 0 spiro atoms. The fourth-order valence-corrected chi connectivity index (χ4v) is 2.86. The Kier molecular flexibility index (Phi) is 4.18. The summed E-state index contributed by atoms with van der Waals surface area (Å²) in [5.74, 6) is -1.13. The number of pyridine rings is 1. The van der Waals surface area contributed by atoms with Crippen LogP contribution in [0.2, 0.25) is 0 Å². The summed E-state index contributed by atoms with van der Waals surface area (Å²) in [5.41, 5.74) is 3.05. The molecule has 22 heavy (non-hydrogen) atoms. The van der Waals surface area contributed by atoms with Gasteiger partial charge in [-0.1, -0.05) is 0 Å². The lowest BCUT2D eigenvalue weighted by atomic mass is 9.93. The minimum Gasteiger partial charge on any atom is -0.478 e. The number of carbonyl (C=O) groups is 1. The second-order valence-electron chi connectivity index (χ2n) is 5.09. The van der Waals surface area contributed by atoms with E-state index < -0.39 is 16.0 Å². The van der Waals surface area contributed by atoms with Gasteiger partial charge >= 0.3 is 5.97 Å². The van der Waals surface area contributed by atoms with E-state index >= 15 is 0 Å². The highest BCUT2D eigenvalue weighted by molar-refractivity contribution is 7.92. The predicted octanol–water partition coefficient (Wildman–Crippen LogP) is 2.44. The Bertz CT molecular complexity index is 845. The lowest BCUT2D eigenvalue weighted by Gasteiger charge is -2.15. The van der Waals surface area contributed by atoms with Crippen LogP contribution < -0.4 is 4.72 Å². The Labute approximate surface area is 128 Å². The van der Waals surface area contributed by atoms with Crippen LogP contribution in [0, 0.1) is 13.8 Å². The van der Waals surface area contributed by atoms with Crippen LogP contribution in [0.25, 0.3) is 11.1 Å². The topological polar surface area (TPSA) is 96.4 Å². The van der Waals surface area contributed by atoms with E-state index in [1.807, 2.05) is 6.92 Å². The third kappa shape index (κ3) is 3.43. The van der Waals surface area contributed by atoms with Crippen LogP contribution in [0.3, 0.4) is 0 Å². The average Bonchev–Trinajstić information content (AvgIpc) is 2.37. The SMILES string of the molecule is Cc1ccncc1-c1c(C)cc(NS(C)(=O)=O)cc1C(=O)O. The van der Waals surface area contributed by atoms with Gasteiger partial charge in [0.15, 0.2) is 0 Å². The molecular formula is C15H16N2O4S. The van der Waals surface area contributed by atoms with E-state index in [1.165, 1.54) is 6.07 Å². The summed E-state index contributed by atoms with van der Waals surface area (Å²) in [6.45, 7) is 3.60. The normalized spacial score (nSPS) is 11.2. The third-order valence-corrected chi connectivity index (χ3v) is 3.78. The molecule has 0 fully saturated rings. The number of nitrogens with zero attached hydrogens (tertiary/aromatic N) is 1. The second kappa shape index (κ2) is 5.76. The number of benzene rings is 1. The van der Waals surface area contributed by atoms with E-state index in [-0.39, 0.29) is 11.3 Å². The minimum absolute atomic E-state index is 0.0299. The lowest BCUT2D eigenvalue weighted by Crippen LogP contribution is -2.11. The van der Waals surface area contributed by atoms with Gasteiger partial charge in [0.25, 0.3) is 0 Å². The maximum Gasteiger partial charge on any atom is 0.336 e. The van der Waals surface area contributed by atoms with E-state index in [0.29, 0.717) is 16.7 Å². The van der Waals surface area contributed by atoms with Gasteiger partial charge in [-0.3, -0.25) is 9.71 Å². The molecule has 0 atom stereocenters. The van der Waals surface area contributed by atoms with Crippen molar-refractivity contribution < 1.29 is 18.3 Å². The second-order valence-corrected chi connectivity index (χ2v) is 6.83. The van der Waals surface area contributed by atoms with Gasteiger partial charge in [-0.05, 0) is 43.2 Å². The molecule has 0 bridgehead atoms. The minimum atomic E-state index is -3.48. The molecule has 0 aliphatic carbocycles. The van der Waals surface area contributed by atoms with Crippen LogP contribution in [0.5, 0.6) is 0 Å². The molecular weight excluding hydrogens is 304 g/mol. The van der Waals surface area contributed by atoms with Gasteiger partial charge in [-0.2, -0.15) is 0 Å². The van der Waals surface area contributed by atoms with Crippen LogP contribution in [0.4, 0.5) is 5.69 Å². The van der Waals surface area contributed by atoms with Gasteiger partial charge in [0.2, 0.25) is 10.0 Å². The molecule has 1 heterocycles. The molecule has 2 rings (SSSR count). The van der Waals surface area contributed by atoms with E-state index in [4.69, 9.17) is 0 Å². The molecule has 1 aromatic heterocycles. The molecule has 0 aliphatic heterocycles. The highest BCUT2D eigenvalue weighted by atomic mass is 32.2. The van der Waals surface area contributed by atoms with Crippen LogP contribution in [-0.4, -0.2) is 30.7 Å². The number of hydrogen-bond donors (Lipinski definition) is 2. The predicted molar refractivity (Wildman–Crippen MR) is 84.6 cm³/mol. The van der Waals surface area contributed by atoms with Crippen molar-refractivity contribution >= 4 is 21.7 Å². The number of sulfonamides is 1. The average molecular weight is 320 g/mol. The first kappa shape index (κ1) is 16.0. The Hall–Kier alpha value is -2.41. The van der Waals surface area contributed by atoms with Crippen molar-refractivity contribution in [1.82, 2.24) is 4.98 Å². The van der Waals surface area contributed by atoms with Crippen molar-refractivity contribution in [2.45, 2.75) is 13.8 Å². The zero-order valence-corrected chi connectivity index (χ0v) is 13.2. The fraction of sp³-hybridized carbons (Fsp3) is 0.200. The maximum atomic E-state index is 11.6. The van der Waals surface area contributed by atoms with Gasteiger partial charge in [-0.15, -0.1) is 0 Å². The number of carboxylic acid groups (broad SMARTS) is 1. The summed E-state index contributed by atoms with van der Waals surface area (Å²) in [4.78, 5) is 15.6. The first-order valence-corrected chi connectivity index (χ1v) is 8.35. The summed E-state index contributed by atoms with van der Waals surface area (Å²) in [7, 11) is -3.48. The van der Waals surface area contributed by atoms with Crippen molar-refractivity contribution in [3.63, 3.8) is 0 Å². The van der Waals surface area contributed by atoms with Crippen molar-refractivity contribution in [3.8, 4) is 11.1 Å². The Morgan fingerprint density at radius 3 is 2.45 bits per heavy atom. The molecule has 2 aromatic rings. The maximum absolute atomic E-state index is 11.6. The summed E-state index contributed by atoms with van der Waals surface area (Å²) in [6.07, 6.45) is 4.25. The Morgan fingerprint density at radius 1 is 1.23 bits per heavy atom. The van der Waals surface area contributed by atoms with Crippen molar-refractivity contribution in [2.75, 3.05) is 11.0 Å². The molecule has 0 amide bonds. The lowest BCUT2D eigenvalue weighted by molar-refractivity contribution is 0.0697. The first-order chi connectivity index (χ1) is 10.2. The molecule has 0 saturated heterocycles. The first-order valence-electron chi connectivity index (χ1n) is 6.46. The summed E-state index contributed by atoms with van der Waals surface area (Å²) in [5, 5.41) is 9.47. The molecule has 0 unspecified atom stereocenters. The van der Waals surface area contributed by atoms with E-state index in [9.17, 15) is 18.3 Å². The number of aryl methyl sites for hydroxylation is 2. The van der Waals surface area contributed by atoms with Gasteiger partial charge in [0, 0.05) is 29.2 Å². The van der Waals surface area contributed by atoms with Gasteiger partial charge in [0.1, 0.15) is 0 Å². The number of rotatable bonds is 4. The van der Waals surface area contributed by atoms with Crippen molar-refractivity contribution in [2.24, 2.45) is 0 Å². The smallest absolute Gasteiger partial charge is 0.336 e. The summed E-state index contributed by atoms with van der Waals surface area (Å²) >= 11 is 0. The van der Waals surface area contributed by atoms with E-state index in [0.717, 1.165) is 11.8 Å². The fourth-order valence-electron chi connectivity index (χ4n) is 2.31. The number of hydrogen-bond acceptors (Lipinski definition) is 4. The quantitative estimate of drug-likeness (QED) is 0.902. The van der Waals surface area contributed by atoms with Gasteiger partial charge in [0.05, 0.1) is 11.8 Å². The standard InChI is InChI=1S/C15H16N2O4S/c1-9-4-5-16-8-13(9)14-10(2)6-11(17-22(3,20)21)7-12(14)15(18)19/h4-8,17H,1-3H3,(H,18,19). The number of aromatic nitrogens is 1. The third-order valence-electron chi connectivity index (χ3n) is 3.18. The number of carboxylic acids is 1. The highest BCUT2D eigenvalue weighted by Gasteiger charge is 2.18. The Morgan fingerprint density at radius 2 is 1.91 bits per heavy atom. The molecule has 116 valence electrons. The molecule has 1 aromatic carbocycles. The van der Waals surface area contributed by atoms with Gasteiger partial charge in [-0.25, -0.2) is 13.2 Å². The van der Waals surface area contributed by atoms with Crippen LogP contribution in [0.1, 0.15) is 21.5 Å². The number of aromatic carboxylic acids is 1. The molecule has 7 heteroatoms. The van der Waals surface area contributed by atoms with Gasteiger partial charge < -0.3 is 5.11 Å². The van der Waals surface area contributed by atoms with Crippen LogP contribution >= 0.6 is 0 Å².